The van der Waals surface area contributed by atoms with Crippen LogP contribution in [0, 0.1) is 0 Å². The van der Waals surface area contributed by atoms with Gasteiger partial charge in [-0.05, 0) is 26.0 Å². The van der Waals surface area contributed by atoms with Gasteiger partial charge in [0.25, 0.3) is 5.91 Å². The second-order valence-corrected chi connectivity index (χ2v) is 5.57. The summed E-state index contributed by atoms with van der Waals surface area (Å²) < 4.78 is 13.4. The Kier molecular flexibility index (Phi) is 5.05. The molecule has 24 heavy (non-hydrogen) atoms. The first-order chi connectivity index (χ1) is 11.7. The maximum absolute atomic E-state index is 12.7. The molecule has 3 rings (SSSR count). The van der Waals surface area contributed by atoms with Gasteiger partial charge in [0.15, 0.2) is 11.9 Å². The van der Waals surface area contributed by atoms with Crippen molar-refractivity contribution in [2.75, 3.05) is 19.7 Å². The first-order valence-electron chi connectivity index (χ1n) is 8.03. The van der Waals surface area contributed by atoms with Crippen LogP contribution in [-0.4, -0.2) is 56.4 Å². The zero-order valence-electron chi connectivity index (χ0n) is 13.8. The lowest BCUT2D eigenvalue weighted by Gasteiger charge is -2.33. The van der Waals surface area contributed by atoms with Gasteiger partial charge in [0.2, 0.25) is 0 Å². The van der Waals surface area contributed by atoms with E-state index in [1.54, 1.807) is 42.7 Å². The Hall–Kier alpha value is -2.48. The quantitative estimate of drug-likeness (QED) is 0.815. The second-order valence-electron chi connectivity index (χ2n) is 5.57. The largest absolute Gasteiger partial charge is 0.479 e. The minimum atomic E-state index is -0.586. The number of aryl methyl sites for hydroxylation is 1. The van der Waals surface area contributed by atoms with E-state index in [0.717, 1.165) is 12.4 Å². The molecule has 2 unspecified atom stereocenters. The smallest absolute Gasteiger partial charge is 0.263 e. The van der Waals surface area contributed by atoms with Crippen molar-refractivity contribution < 1.29 is 14.3 Å². The zero-order chi connectivity index (χ0) is 16.9. The highest BCUT2D eigenvalue weighted by molar-refractivity contribution is 5.81. The van der Waals surface area contributed by atoms with Crippen molar-refractivity contribution in [2.45, 2.75) is 32.6 Å². The van der Waals surface area contributed by atoms with Crippen molar-refractivity contribution in [3.63, 3.8) is 0 Å². The van der Waals surface area contributed by atoms with Crippen LogP contribution in [0.5, 0.6) is 5.75 Å². The van der Waals surface area contributed by atoms with Gasteiger partial charge in [-0.1, -0.05) is 0 Å². The van der Waals surface area contributed by atoms with Crippen LogP contribution in [0.25, 0.3) is 0 Å². The third-order valence-corrected chi connectivity index (χ3v) is 3.95. The number of hydrogen-bond donors (Lipinski definition) is 0. The monoisotopic (exact) mass is 331 g/mol. The summed E-state index contributed by atoms with van der Waals surface area (Å²) in [7, 11) is 0. The molecule has 2 atom stereocenters. The fraction of sp³-hybridized carbons (Fsp3) is 0.500. The van der Waals surface area contributed by atoms with Crippen molar-refractivity contribution >= 4 is 5.91 Å². The van der Waals surface area contributed by atoms with E-state index in [1.807, 2.05) is 11.5 Å². The molecule has 0 aliphatic carbocycles. The molecule has 2 aromatic heterocycles. The summed E-state index contributed by atoms with van der Waals surface area (Å²) in [6.45, 7) is 5.97. The molecular weight excluding hydrogens is 310 g/mol. The highest BCUT2D eigenvalue weighted by Crippen LogP contribution is 2.21. The van der Waals surface area contributed by atoms with Gasteiger partial charge in [0, 0.05) is 19.3 Å². The molecule has 1 aliphatic heterocycles. The molecule has 1 amide bonds. The van der Waals surface area contributed by atoms with E-state index >= 15 is 0 Å². The molecule has 128 valence electrons. The lowest BCUT2D eigenvalue weighted by molar-refractivity contribution is -0.146. The molecule has 1 saturated heterocycles. The number of ether oxygens (including phenoxy) is 2. The van der Waals surface area contributed by atoms with Crippen LogP contribution in [0.15, 0.2) is 30.9 Å². The summed E-state index contributed by atoms with van der Waals surface area (Å²) in [5, 5.41) is 8.05. The van der Waals surface area contributed by atoms with Gasteiger partial charge in [-0.3, -0.25) is 9.78 Å². The van der Waals surface area contributed by atoms with E-state index in [1.165, 1.54) is 0 Å². The molecule has 3 heterocycles. The predicted molar refractivity (Wildman–Crippen MR) is 85.3 cm³/mol. The van der Waals surface area contributed by atoms with Crippen LogP contribution in [0.3, 0.4) is 0 Å². The average Bonchev–Trinajstić information content (AvgIpc) is 3.11. The Morgan fingerprint density at radius 2 is 2.42 bits per heavy atom. The third-order valence-electron chi connectivity index (χ3n) is 3.95. The number of aromatic nitrogens is 4. The number of nitrogens with zero attached hydrogens (tertiary/aromatic N) is 5. The summed E-state index contributed by atoms with van der Waals surface area (Å²) in [5.74, 6) is 1.25. The number of amides is 1. The van der Waals surface area contributed by atoms with Crippen LogP contribution in [-0.2, 0) is 16.1 Å². The number of carbonyl (C=O) groups excluding carboxylic acids is 1. The molecule has 1 fully saturated rings. The van der Waals surface area contributed by atoms with Crippen LogP contribution < -0.4 is 4.74 Å². The van der Waals surface area contributed by atoms with Crippen LogP contribution in [0.4, 0.5) is 0 Å². The molecule has 0 bridgehead atoms. The molecule has 0 saturated carbocycles. The van der Waals surface area contributed by atoms with Gasteiger partial charge in [0.1, 0.15) is 18.2 Å². The molecule has 0 radical (unpaired) electrons. The number of hydrogen-bond acceptors (Lipinski definition) is 6. The molecule has 1 aliphatic rings. The molecule has 8 nitrogen and oxygen atoms in total. The fourth-order valence-electron chi connectivity index (χ4n) is 2.69. The second kappa shape index (κ2) is 7.39. The normalized spacial score (nSPS) is 19.1. The molecular formula is C16H21N5O3. The first kappa shape index (κ1) is 16.4. The third kappa shape index (κ3) is 3.53. The van der Waals surface area contributed by atoms with Gasteiger partial charge < -0.3 is 18.9 Å². The lowest BCUT2D eigenvalue weighted by atomic mass is 10.2. The molecule has 0 N–H and O–H groups in total. The Bertz CT molecular complexity index is 675. The summed E-state index contributed by atoms with van der Waals surface area (Å²) in [4.78, 5) is 18.4. The first-order valence-corrected chi connectivity index (χ1v) is 8.03. The Morgan fingerprint density at radius 1 is 1.54 bits per heavy atom. The minimum absolute atomic E-state index is 0.0743. The average molecular weight is 331 g/mol. The van der Waals surface area contributed by atoms with E-state index in [0.29, 0.717) is 25.4 Å². The van der Waals surface area contributed by atoms with E-state index in [2.05, 4.69) is 15.2 Å². The van der Waals surface area contributed by atoms with Crippen molar-refractivity contribution in [2.24, 2.45) is 0 Å². The number of carbonyl (C=O) groups is 1. The Balaban J connectivity index is 1.64. The summed E-state index contributed by atoms with van der Waals surface area (Å²) >= 11 is 0. The highest BCUT2D eigenvalue weighted by atomic mass is 16.5. The summed E-state index contributed by atoms with van der Waals surface area (Å²) in [5.41, 5.74) is 0. The Labute approximate surface area is 140 Å². The summed E-state index contributed by atoms with van der Waals surface area (Å²) in [6, 6.07) is 3.55. The van der Waals surface area contributed by atoms with Gasteiger partial charge in [-0.25, -0.2) is 0 Å². The van der Waals surface area contributed by atoms with Crippen molar-refractivity contribution in [3.8, 4) is 5.75 Å². The minimum Gasteiger partial charge on any atom is -0.479 e. The van der Waals surface area contributed by atoms with Crippen molar-refractivity contribution in [1.29, 1.82) is 0 Å². The maximum atomic E-state index is 12.7. The van der Waals surface area contributed by atoms with Gasteiger partial charge >= 0.3 is 0 Å². The topological polar surface area (TPSA) is 82.4 Å². The molecule has 0 aromatic carbocycles. The number of morpholine rings is 1. The molecule has 8 heteroatoms. The SMILES string of the molecule is CCn1cnnc1C1CN(C(=O)C(C)Oc2cccnc2)CCO1. The predicted octanol–water partition coefficient (Wildman–Crippen LogP) is 1.06. The van der Waals surface area contributed by atoms with E-state index < -0.39 is 6.10 Å². The van der Waals surface area contributed by atoms with E-state index in [9.17, 15) is 4.79 Å². The van der Waals surface area contributed by atoms with Crippen LogP contribution >= 0.6 is 0 Å². The van der Waals surface area contributed by atoms with E-state index in [-0.39, 0.29) is 12.0 Å². The van der Waals surface area contributed by atoms with Crippen LogP contribution in [0.1, 0.15) is 25.8 Å². The number of pyridine rings is 1. The summed E-state index contributed by atoms with van der Waals surface area (Å²) in [6.07, 6.45) is 4.08. The van der Waals surface area contributed by atoms with Gasteiger partial charge in [0.05, 0.1) is 19.3 Å². The molecule has 2 aromatic rings. The van der Waals surface area contributed by atoms with Crippen molar-refractivity contribution in [3.05, 3.63) is 36.7 Å². The molecule has 0 spiro atoms. The number of rotatable bonds is 5. The van der Waals surface area contributed by atoms with Crippen LogP contribution in [0.2, 0.25) is 0 Å². The lowest BCUT2D eigenvalue weighted by Crippen LogP contribution is -2.47. The highest BCUT2D eigenvalue weighted by Gasteiger charge is 2.31. The standard InChI is InChI=1S/C16H21N5O3/c1-3-20-11-18-19-15(20)14-10-21(7-8-23-14)16(22)12(2)24-13-5-4-6-17-9-13/h4-6,9,11-12,14H,3,7-8,10H2,1-2H3. The van der Waals surface area contributed by atoms with Gasteiger partial charge in [-0.2, -0.15) is 0 Å². The zero-order valence-corrected chi connectivity index (χ0v) is 13.8. The van der Waals surface area contributed by atoms with Crippen molar-refractivity contribution in [1.82, 2.24) is 24.6 Å². The Morgan fingerprint density at radius 3 is 3.17 bits per heavy atom. The van der Waals surface area contributed by atoms with E-state index in [4.69, 9.17) is 9.47 Å². The maximum Gasteiger partial charge on any atom is 0.263 e. The fourth-order valence-corrected chi connectivity index (χ4v) is 2.69. The van der Waals surface area contributed by atoms with Gasteiger partial charge in [-0.15, -0.1) is 10.2 Å².